The number of nitro benzene ring substituents is 1. The number of hydrogen-bond donors (Lipinski definition) is 0. The van der Waals surface area contributed by atoms with Crippen molar-refractivity contribution in [3.63, 3.8) is 0 Å². The van der Waals surface area contributed by atoms with Gasteiger partial charge in [-0.25, -0.2) is 4.79 Å². The van der Waals surface area contributed by atoms with E-state index in [0.717, 1.165) is 10.2 Å². The fourth-order valence-electron chi connectivity index (χ4n) is 2.69. The number of para-hydroxylation sites is 1. The zero-order valence-corrected chi connectivity index (χ0v) is 14.1. The minimum Gasteiger partial charge on any atom is -0.461 e. The molecule has 3 aromatic rings. The number of benzene rings is 2. The summed E-state index contributed by atoms with van der Waals surface area (Å²) in [5.74, 6) is -1.31. The number of ether oxygens (including phenoxy) is 1. The highest BCUT2D eigenvalue weighted by molar-refractivity contribution is 6.10. The van der Waals surface area contributed by atoms with Crippen molar-refractivity contribution in [3.05, 3.63) is 69.4 Å². The number of carbonyl (C=O) groups excluding carboxylic acids is 2. The van der Waals surface area contributed by atoms with Crippen LogP contribution in [0.25, 0.3) is 10.9 Å². The molecule has 0 aliphatic rings. The van der Waals surface area contributed by atoms with Crippen LogP contribution in [0.15, 0.2) is 42.5 Å². The molecule has 0 unspecified atom stereocenters. The van der Waals surface area contributed by atoms with Crippen molar-refractivity contribution in [1.82, 2.24) is 9.78 Å². The van der Waals surface area contributed by atoms with E-state index in [1.54, 1.807) is 25.1 Å². The van der Waals surface area contributed by atoms with E-state index in [4.69, 9.17) is 4.74 Å². The number of esters is 1. The third-order valence-corrected chi connectivity index (χ3v) is 3.80. The molecule has 0 atom stereocenters. The molecule has 2 aromatic carbocycles. The topological polar surface area (TPSA) is 104 Å². The van der Waals surface area contributed by atoms with Crippen molar-refractivity contribution in [2.24, 2.45) is 0 Å². The molecule has 0 amide bonds. The lowest BCUT2D eigenvalue weighted by atomic mass is 10.1. The average molecular weight is 353 g/mol. The molecule has 0 bridgehead atoms. The highest BCUT2D eigenvalue weighted by atomic mass is 16.6. The first-order valence-corrected chi connectivity index (χ1v) is 7.88. The Kier molecular flexibility index (Phi) is 4.49. The van der Waals surface area contributed by atoms with Crippen molar-refractivity contribution in [3.8, 4) is 0 Å². The minimum atomic E-state index is -0.742. The summed E-state index contributed by atoms with van der Waals surface area (Å²) < 4.78 is 5.86. The van der Waals surface area contributed by atoms with Gasteiger partial charge >= 0.3 is 5.97 Å². The van der Waals surface area contributed by atoms with Gasteiger partial charge in [0.1, 0.15) is 0 Å². The molecular weight excluding hydrogens is 338 g/mol. The van der Waals surface area contributed by atoms with Gasteiger partial charge in [0.15, 0.2) is 11.2 Å². The van der Waals surface area contributed by atoms with Crippen LogP contribution in [-0.4, -0.2) is 33.2 Å². The maximum Gasteiger partial charge on any atom is 0.359 e. The lowest BCUT2D eigenvalue weighted by Crippen LogP contribution is -2.15. The van der Waals surface area contributed by atoms with Gasteiger partial charge in [-0.15, -0.1) is 0 Å². The SMILES string of the molecule is CCOC(=O)c1nn(C(=O)c2cccc(C)c2)c2c([N+](=O)[O-])cccc12. The van der Waals surface area contributed by atoms with E-state index >= 15 is 0 Å². The Labute approximate surface area is 148 Å². The first kappa shape index (κ1) is 17.3. The van der Waals surface area contributed by atoms with Gasteiger partial charge in [0.05, 0.1) is 11.5 Å². The summed E-state index contributed by atoms with van der Waals surface area (Å²) in [6, 6.07) is 11.0. The number of aryl methyl sites for hydroxylation is 1. The van der Waals surface area contributed by atoms with E-state index in [1.165, 1.54) is 18.2 Å². The standard InChI is InChI=1S/C18H15N3O5/c1-3-26-18(23)15-13-8-5-9-14(21(24)25)16(13)20(19-15)17(22)12-7-4-6-11(2)10-12/h4-10H,3H2,1-2H3. The molecule has 0 spiro atoms. The Morgan fingerprint density at radius 1 is 1.23 bits per heavy atom. The molecule has 8 heteroatoms. The van der Waals surface area contributed by atoms with Gasteiger partial charge in [-0.3, -0.25) is 14.9 Å². The van der Waals surface area contributed by atoms with Crippen LogP contribution in [0.1, 0.15) is 33.3 Å². The van der Waals surface area contributed by atoms with Crippen LogP contribution in [0.2, 0.25) is 0 Å². The molecule has 0 N–H and O–H groups in total. The highest BCUT2D eigenvalue weighted by Gasteiger charge is 2.27. The second kappa shape index (κ2) is 6.75. The molecule has 0 fully saturated rings. The zero-order valence-electron chi connectivity index (χ0n) is 14.1. The summed E-state index contributed by atoms with van der Waals surface area (Å²) in [7, 11) is 0. The van der Waals surface area contributed by atoms with Crippen LogP contribution in [0.4, 0.5) is 5.69 Å². The zero-order chi connectivity index (χ0) is 18.8. The normalized spacial score (nSPS) is 10.7. The smallest absolute Gasteiger partial charge is 0.359 e. The third kappa shape index (κ3) is 2.92. The first-order valence-electron chi connectivity index (χ1n) is 7.88. The summed E-state index contributed by atoms with van der Waals surface area (Å²) in [6.45, 7) is 3.58. The van der Waals surface area contributed by atoms with Crippen LogP contribution >= 0.6 is 0 Å². The fourth-order valence-corrected chi connectivity index (χ4v) is 2.69. The van der Waals surface area contributed by atoms with E-state index in [1.807, 2.05) is 13.0 Å². The predicted molar refractivity (Wildman–Crippen MR) is 93.3 cm³/mol. The minimum absolute atomic E-state index is 0.0351. The van der Waals surface area contributed by atoms with E-state index < -0.39 is 16.8 Å². The Morgan fingerprint density at radius 3 is 2.62 bits per heavy atom. The molecular formula is C18H15N3O5. The van der Waals surface area contributed by atoms with Crippen molar-refractivity contribution in [1.29, 1.82) is 0 Å². The van der Waals surface area contributed by atoms with Gasteiger partial charge in [-0.2, -0.15) is 9.78 Å². The van der Waals surface area contributed by atoms with Crippen molar-refractivity contribution in [2.75, 3.05) is 6.61 Å². The molecule has 1 aromatic heterocycles. The molecule has 1 heterocycles. The first-order chi connectivity index (χ1) is 12.4. The van der Waals surface area contributed by atoms with Crippen LogP contribution in [-0.2, 0) is 4.74 Å². The highest BCUT2D eigenvalue weighted by Crippen LogP contribution is 2.29. The van der Waals surface area contributed by atoms with Crippen molar-refractivity contribution < 1.29 is 19.2 Å². The fraction of sp³-hybridized carbons (Fsp3) is 0.167. The number of fused-ring (bicyclic) bond motifs is 1. The quantitative estimate of drug-likeness (QED) is 0.405. The summed E-state index contributed by atoms with van der Waals surface area (Å²) in [5, 5.41) is 15.7. The molecule has 26 heavy (non-hydrogen) atoms. The molecule has 0 aliphatic carbocycles. The second-order valence-electron chi connectivity index (χ2n) is 5.59. The van der Waals surface area contributed by atoms with Gasteiger partial charge in [0, 0.05) is 17.0 Å². The summed E-state index contributed by atoms with van der Waals surface area (Å²) in [5.41, 5.74) is 0.681. The van der Waals surface area contributed by atoms with E-state index in [2.05, 4.69) is 5.10 Å². The molecule has 0 aliphatic heterocycles. The predicted octanol–water partition coefficient (Wildman–Crippen LogP) is 3.12. The number of non-ortho nitro benzene ring substituents is 1. The Morgan fingerprint density at radius 2 is 1.96 bits per heavy atom. The summed E-state index contributed by atoms with van der Waals surface area (Å²) in [6.07, 6.45) is 0. The molecule has 0 saturated heterocycles. The summed E-state index contributed by atoms with van der Waals surface area (Å²) in [4.78, 5) is 35.9. The van der Waals surface area contributed by atoms with E-state index in [0.29, 0.717) is 5.56 Å². The van der Waals surface area contributed by atoms with Crippen LogP contribution in [0.3, 0.4) is 0 Å². The molecule has 8 nitrogen and oxygen atoms in total. The van der Waals surface area contributed by atoms with E-state index in [9.17, 15) is 19.7 Å². The molecule has 0 saturated carbocycles. The van der Waals surface area contributed by atoms with Gasteiger partial charge in [-0.05, 0) is 32.0 Å². The lowest BCUT2D eigenvalue weighted by molar-refractivity contribution is -0.383. The number of carbonyl (C=O) groups is 2. The van der Waals surface area contributed by atoms with Gasteiger partial charge < -0.3 is 4.74 Å². The van der Waals surface area contributed by atoms with Crippen LogP contribution in [0, 0.1) is 17.0 Å². The molecule has 132 valence electrons. The Hall–Kier alpha value is -3.55. The largest absolute Gasteiger partial charge is 0.461 e. The molecule has 3 rings (SSSR count). The van der Waals surface area contributed by atoms with Crippen molar-refractivity contribution >= 4 is 28.5 Å². The second-order valence-corrected chi connectivity index (χ2v) is 5.59. The van der Waals surface area contributed by atoms with Gasteiger partial charge in [-0.1, -0.05) is 23.8 Å². The number of nitro groups is 1. The number of aromatic nitrogens is 2. The maximum absolute atomic E-state index is 12.9. The van der Waals surface area contributed by atoms with Crippen molar-refractivity contribution in [2.45, 2.75) is 13.8 Å². The summed E-state index contributed by atoms with van der Waals surface area (Å²) >= 11 is 0. The Bertz CT molecular complexity index is 1040. The average Bonchev–Trinajstić information content (AvgIpc) is 3.01. The Balaban J connectivity index is 2.28. The van der Waals surface area contributed by atoms with Gasteiger partial charge in [0.2, 0.25) is 0 Å². The van der Waals surface area contributed by atoms with E-state index in [-0.39, 0.29) is 28.9 Å². The van der Waals surface area contributed by atoms with Crippen LogP contribution < -0.4 is 0 Å². The van der Waals surface area contributed by atoms with Crippen LogP contribution in [0.5, 0.6) is 0 Å². The number of nitrogens with zero attached hydrogens (tertiary/aromatic N) is 3. The van der Waals surface area contributed by atoms with Gasteiger partial charge in [0.25, 0.3) is 11.6 Å². The number of hydrogen-bond acceptors (Lipinski definition) is 6. The maximum atomic E-state index is 12.9. The third-order valence-electron chi connectivity index (χ3n) is 3.80. The lowest BCUT2D eigenvalue weighted by Gasteiger charge is -2.04. The monoisotopic (exact) mass is 353 g/mol. The molecule has 0 radical (unpaired) electrons. The number of rotatable bonds is 4.